The quantitative estimate of drug-likeness (QED) is 0.656. The Kier molecular flexibility index (Phi) is 3.01. The van der Waals surface area contributed by atoms with Crippen LogP contribution < -0.4 is 0 Å². The van der Waals surface area contributed by atoms with Gasteiger partial charge in [-0.15, -0.1) is 0 Å². The fraction of sp³-hybridized carbons (Fsp3) is 0.300. The maximum Gasteiger partial charge on any atom is 0.338 e. The minimum absolute atomic E-state index is 0.312. The van der Waals surface area contributed by atoms with E-state index in [9.17, 15) is 9.18 Å². The van der Waals surface area contributed by atoms with Gasteiger partial charge in [-0.05, 0) is 37.6 Å². The molecule has 13 heavy (non-hydrogen) atoms. The van der Waals surface area contributed by atoms with E-state index in [1.165, 1.54) is 18.2 Å². The van der Waals surface area contributed by atoms with Gasteiger partial charge in [0, 0.05) is 0 Å². The lowest BCUT2D eigenvalue weighted by atomic mass is 10.1. The average molecular weight is 182 g/mol. The van der Waals surface area contributed by atoms with Crippen LogP contribution in [0.25, 0.3) is 0 Å². The van der Waals surface area contributed by atoms with Crippen LogP contribution >= 0.6 is 0 Å². The number of hydrogen-bond donors (Lipinski definition) is 0. The first kappa shape index (κ1) is 9.71. The molecule has 0 spiro atoms. The second kappa shape index (κ2) is 4.03. The molecule has 70 valence electrons. The highest BCUT2D eigenvalue weighted by atomic mass is 19.1. The Labute approximate surface area is 76.3 Å². The molecule has 0 aliphatic heterocycles. The zero-order chi connectivity index (χ0) is 9.84. The third kappa shape index (κ3) is 2.28. The van der Waals surface area contributed by atoms with Crippen molar-refractivity contribution in [3.8, 4) is 0 Å². The first-order valence-corrected chi connectivity index (χ1v) is 4.08. The van der Waals surface area contributed by atoms with Gasteiger partial charge < -0.3 is 4.74 Å². The van der Waals surface area contributed by atoms with E-state index in [4.69, 9.17) is 4.74 Å². The van der Waals surface area contributed by atoms with E-state index in [0.717, 1.165) is 0 Å². The molecule has 0 aliphatic carbocycles. The number of halogens is 1. The standard InChI is InChI=1S/C10H11FO2/c1-3-13-10(12)8-4-5-9(11)7(2)6-8/h4-6H,3H2,1-2H3. The Bertz CT molecular complexity index is 321. The summed E-state index contributed by atoms with van der Waals surface area (Å²) in [5, 5.41) is 0. The molecule has 0 N–H and O–H groups in total. The predicted molar refractivity (Wildman–Crippen MR) is 47.1 cm³/mol. The molecule has 0 bridgehead atoms. The highest BCUT2D eigenvalue weighted by Gasteiger charge is 2.07. The number of esters is 1. The van der Waals surface area contributed by atoms with Crippen LogP contribution in [0.2, 0.25) is 0 Å². The summed E-state index contributed by atoms with van der Waals surface area (Å²) in [5.74, 6) is -0.723. The Morgan fingerprint density at radius 3 is 2.77 bits per heavy atom. The van der Waals surface area contributed by atoms with Gasteiger partial charge in [0.05, 0.1) is 12.2 Å². The number of carbonyl (C=O) groups excluding carboxylic acids is 1. The lowest BCUT2D eigenvalue weighted by molar-refractivity contribution is 0.0526. The number of hydrogen-bond acceptors (Lipinski definition) is 2. The minimum Gasteiger partial charge on any atom is -0.462 e. The third-order valence-corrected chi connectivity index (χ3v) is 1.67. The van der Waals surface area contributed by atoms with Gasteiger partial charge in [0.15, 0.2) is 0 Å². The molecule has 0 radical (unpaired) electrons. The first-order valence-electron chi connectivity index (χ1n) is 4.08. The van der Waals surface area contributed by atoms with Crippen LogP contribution in [0.1, 0.15) is 22.8 Å². The van der Waals surface area contributed by atoms with Crippen LogP contribution in [-0.2, 0) is 4.74 Å². The molecule has 2 nitrogen and oxygen atoms in total. The number of rotatable bonds is 2. The van der Waals surface area contributed by atoms with Crippen LogP contribution in [0.3, 0.4) is 0 Å². The molecule has 0 amide bonds. The van der Waals surface area contributed by atoms with E-state index in [1.54, 1.807) is 13.8 Å². The van der Waals surface area contributed by atoms with Crippen LogP contribution in [0.5, 0.6) is 0 Å². The zero-order valence-electron chi connectivity index (χ0n) is 7.63. The predicted octanol–water partition coefficient (Wildman–Crippen LogP) is 2.31. The lowest BCUT2D eigenvalue weighted by Crippen LogP contribution is -2.05. The van der Waals surface area contributed by atoms with Crippen molar-refractivity contribution in [2.45, 2.75) is 13.8 Å². The van der Waals surface area contributed by atoms with Crippen molar-refractivity contribution in [2.24, 2.45) is 0 Å². The van der Waals surface area contributed by atoms with Gasteiger partial charge in [-0.3, -0.25) is 0 Å². The second-order valence-electron chi connectivity index (χ2n) is 2.68. The molecule has 0 aromatic heterocycles. The van der Waals surface area contributed by atoms with E-state index in [1.807, 2.05) is 0 Å². The summed E-state index contributed by atoms with van der Waals surface area (Å²) in [6.07, 6.45) is 0. The minimum atomic E-state index is -0.411. The fourth-order valence-electron chi connectivity index (χ4n) is 0.986. The number of ether oxygens (including phenoxy) is 1. The summed E-state index contributed by atoms with van der Waals surface area (Å²) >= 11 is 0. The van der Waals surface area contributed by atoms with Crippen molar-refractivity contribution in [1.82, 2.24) is 0 Å². The highest BCUT2D eigenvalue weighted by molar-refractivity contribution is 5.89. The summed E-state index contributed by atoms with van der Waals surface area (Å²) in [7, 11) is 0. The van der Waals surface area contributed by atoms with Gasteiger partial charge in [-0.25, -0.2) is 9.18 Å². The van der Waals surface area contributed by atoms with Gasteiger partial charge in [0.1, 0.15) is 5.82 Å². The number of aryl methyl sites for hydroxylation is 1. The van der Waals surface area contributed by atoms with Crippen LogP contribution in [0.4, 0.5) is 4.39 Å². The number of benzene rings is 1. The SMILES string of the molecule is CCOC(=O)c1ccc(F)c(C)c1. The topological polar surface area (TPSA) is 26.3 Å². The first-order chi connectivity index (χ1) is 6.15. The van der Waals surface area contributed by atoms with Crippen LogP contribution in [-0.4, -0.2) is 12.6 Å². The van der Waals surface area contributed by atoms with Crippen molar-refractivity contribution < 1.29 is 13.9 Å². The smallest absolute Gasteiger partial charge is 0.338 e. The van der Waals surface area contributed by atoms with Gasteiger partial charge in [-0.1, -0.05) is 0 Å². The van der Waals surface area contributed by atoms with Crippen molar-refractivity contribution in [3.63, 3.8) is 0 Å². The largest absolute Gasteiger partial charge is 0.462 e. The zero-order valence-corrected chi connectivity index (χ0v) is 7.63. The molecule has 0 saturated heterocycles. The summed E-state index contributed by atoms with van der Waals surface area (Å²) in [6, 6.07) is 4.16. The molecule has 0 aliphatic rings. The molecular weight excluding hydrogens is 171 g/mol. The van der Waals surface area contributed by atoms with E-state index >= 15 is 0 Å². The van der Waals surface area contributed by atoms with Crippen molar-refractivity contribution in [2.75, 3.05) is 6.61 Å². The molecule has 1 aromatic rings. The molecule has 0 saturated carbocycles. The van der Waals surface area contributed by atoms with E-state index in [2.05, 4.69) is 0 Å². The second-order valence-corrected chi connectivity index (χ2v) is 2.68. The van der Waals surface area contributed by atoms with Gasteiger partial charge in [0.25, 0.3) is 0 Å². The Morgan fingerprint density at radius 2 is 2.23 bits per heavy atom. The monoisotopic (exact) mass is 182 g/mol. The van der Waals surface area contributed by atoms with Gasteiger partial charge in [-0.2, -0.15) is 0 Å². The molecule has 0 heterocycles. The Morgan fingerprint density at radius 1 is 1.54 bits per heavy atom. The molecule has 1 rings (SSSR count). The highest BCUT2D eigenvalue weighted by Crippen LogP contribution is 2.09. The van der Waals surface area contributed by atoms with Crippen molar-refractivity contribution in [3.05, 3.63) is 35.1 Å². The lowest BCUT2D eigenvalue weighted by Gasteiger charge is -2.02. The van der Waals surface area contributed by atoms with Crippen molar-refractivity contribution in [1.29, 1.82) is 0 Å². The molecule has 1 aromatic carbocycles. The van der Waals surface area contributed by atoms with Gasteiger partial charge >= 0.3 is 5.97 Å². The Balaban J connectivity index is 2.90. The molecule has 0 atom stereocenters. The molecule has 0 fully saturated rings. The van der Waals surface area contributed by atoms with E-state index < -0.39 is 5.97 Å². The van der Waals surface area contributed by atoms with E-state index in [0.29, 0.717) is 17.7 Å². The third-order valence-electron chi connectivity index (χ3n) is 1.67. The average Bonchev–Trinajstić information content (AvgIpc) is 2.10. The van der Waals surface area contributed by atoms with Gasteiger partial charge in [0.2, 0.25) is 0 Å². The summed E-state index contributed by atoms with van der Waals surface area (Å²) < 4.78 is 17.6. The van der Waals surface area contributed by atoms with E-state index in [-0.39, 0.29) is 5.82 Å². The van der Waals surface area contributed by atoms with Crippen LogP contribution in [0.15, 0.2) is 18.2 Å². The van der Waals surface area contributed by atoms with Crippen molar-refractivity contribution >= 4 is 5.97 Å². The summed E-state index contributed by atoms with van der Waals surface area (Å²) in [6.45, 7) is 3.67. The number of carbonyl (C=O) groups is 1. The Hall–Kier alpha value is -1.38. The molecule has 0 unspecified atom stereocenters. The van der Waals surface area contributed by atoms with Crippen LogP contribution in [0, 0.1) is 12.7 Å². The fourth-order valence-corrected chi connectivity index (χ4v) is 0.986. The molecule has 3 heteroatoms. The normalized spacial score (nSPS) is 9.77. The maximum absolute atomic E-state index is 12.8. The molecular formula is C10H11FO2. The summed E-state index contributed by atoms with van der Waals surface area (Å²) in [4.78, 5) is 11.2. The summed E-state index contributed by atoms with van der Waals surface area (Å²) in [5.41, 5.74) is 0.839. The maximum atomic E-state index is 12.8.